The van der Waals surface area contributed by atoms with Gasteiger partial charge in [0.25, 0.3) is 0 Å². The van der Waals surface area contributed by atoms with E-state index in [0.29, 0.717) is 25.6 Å². The minimum absolute atomic E-state index is 0.474. The first-order chi connectivity index (χ1) is 6.83. The zero-order valence-corrected chi connectivity index (χ0v) is 9.36. The first kappa shape index (κ1) is 10.9. The van der Waals surface area contributed by atoms with E-state index in [1.807, 2.05) is 4.90 Å². The summed E-state index contributed by atoms with van der Waals surface area (Å²) in [5.41, 5.74) is -1.22. The van der Waals surface area contributed by atoms with Gasteiger partial charge in [-0.3, -0.25) is 9.69 Å². The van der Waals surface area contributed by atoms with E-state index in [9.17, 15) is 9.90 Å². The van der Waals surface area contributed by atoms with Crippen LogP contribution in [0.1, 0.15) is 26.7 Å². The number of nitrogens with zero attached hydrogens (tertiary/aromatic N) is 1. The average Bonchev–Trinajstić information content (AvgIpc) is 2.81. The topological polar surface area (TPSA) is 60.8 Å². The molecule has 1 aliphatic heterocycles. The van der Waals surface area contributed by atoms with E-state index >= 15 is 0 Å². The van der Waals surface area contributed by atoms with Gasteiger partial charge >= 0.3 is 5.97 Å². The monoisotopic (exact) mass is 213 g/mol. The number of carboxylic acid groups (broad SMARTS) is 1. The lowest BCUT2D eigenvalue weighted by molar-refractivity contribution is -0.156. The van der Waals surface area contributed by atoms with Crippen molar-refractivity contribution >= 4 is 5.97 Å². The Morgan fingerprint density at radius 1 is 1.47 bits per heavy atom. The van der Waals surface area contributed by atoms with Gasteiger partial charge in [-0.25, -0.2) is 0 Å². The first-order valence-electron chi connectivity index (χ1n) is 5.52. The Bertz CT molecular complexity index is 278. The molecule has 0 radical (unpaired) electrons. The molecule has 0 bridgehead atoms. The number of likely N-dealkylation sites (tertiary alicyclic amines) is 1. The Morgan fingerprint density at radius 3 is 2.40 bits per heavy atom. The van der Waals surface area contributed by atoms with Gasteiger partial charge in [-0.15, -0.1) is 0 Å². The molecule has 4 heteroatoms. The molecular weight excluding hydrogens is 194 g/mol. The second-order valence-electron chi connectivity index (χ2n) is 5.71. The third kappa shape index (κ3) is 2.01. The van der Waals surface area contributed by atoms with Crippen LogP contribution < -0.4 is 0 Å². The molecule has 1 heterocycles. The molecule has 1 saturated heterocycles. The highest BCUT2D eigenvalue weighted by Gasteiger charge is 2.52. The first-order valence-corrected chi connectivity index (χ1v) is 5.52. The van der Waals surface area contributed by atoms with Gasteiger partial charge in [-0.05, 0) is 32.6 Å². The number of hydrogen-bond acceptors (Lipinski definition) is 3. The fraction of sp³-hybridized carbons (Fsp3) is 0.909. The summed E-state index contributed by atoms with van der Waals surface area (Å²) in [7, 11) is 0. The quantitative estimate of drug-likeness (QED) is 0.716. The summed E-state index contributed by atoms with van der Waals surface area (Å²) >= 11 is 0. The lowest BCUT2D eigenvalue weighted by Crippen LogP contribution is -2.64. The van der Waals surface area contributed by atoms with E-state index in [1.54, 1.807) is 13.8 Å². The van der Waals surface area contributed by atoms with E-state index in [2.05, 4.69) is 0 Å². The van der Waals surface area contributed by atoms with Crippen molar-refractivity contribution in [2.75, 3.05) is 19.6 Å². The smallest absolute Gasteiger partial charge is 0.310 e. The van der Waals surface area contributed by atoms with Crippen molar-refractivity contribution in [1.29, 1.82) is 0 Å². The summed E-state index contributed by atoms with van der Waals surface area (Å²) < 4.78 is 0. The molecule has 2 fully saturated rings. The maximum atomic E-state index is 10.9. The van der Waals surface area contributed by atoms with Crippen LogP contribution in [0, 0.1) is 11.3 Å². The Morgan fingerprint density at radius 2 is 2.00 bits per heavy atom. The SMILES string of the molecule is CC(C)(CN1CC(O)(C2CC2)C1)C(=O)O. The van der Waals surface area contributed by atoms with Crippen LogP contribution in [0.5, 0.6) is 0 Å². The van der Waals surface area contributed by atoms with Crippen molar-refractivity contribution in [2.45, 2.75) is 32.3 Å². The molecule has 0 aromatic rings. The highest BCUT2D eigenvalue weighted by Crippen LogP contribution is 2.44. The van der Waals surface area contributed by atoms with Crippen molar-refractivity contribution in [1.82, 2.24) is 4.90 Å². The van der Waals surface area contributed by atoms with Crippen LogP contribution in [0.2, 0.25) is 0 Å². The van der Waals surface area contributed by atoms with Crippen molar-refractivity contribution in [3.8, 4) is 0 Å². The second kappa shape index (κ2) is 3.19. The second-order valence-corrected chi connectivity index (χ2v) is 5.71. The number of hydrogen-bond donors (Lipinski definition) is 2. The van der Waals surface area contributed by atoms with Crippen molar-refractivity contribution in [3.63, 3.8) is 0 Å². The van der Waals surface area contributed by atoms with E-state index in [0.717, 1.165) is 12.8 Å². The predicted octanol–water partition coefficient (Wildman–Crippen LogP) is 0.554. The van der Waals surface area contributed by atoms with E-state index in [4.69, 9.17) is 5.11 Å². The predicted molar refractivity (Wildman–Crippen MR) is 55.5 cm³/mol. The molecule has 2 rings (SSSR count). The Hall–Kier alpha value is -0.610. The summed E-state index contributed by atoms with van der Waals surface area (Å²) in [4.78, 5) is 12.9. The van der Waals surface area contributed by atoms with Crippen LogP contribution in [0.15, 0.2) is 0 Å². The average molecular weight is 213 g/mol. The number of rotatable bonds is 4. The van der Waals surface area contributed by atoms with Gasteiger partial charge in [0.2, 0.25) is 0 Å². The minimum atomic E-state index is -0.774. The van der Waals surface area contributed by atoms with Gasteiger partial charge < -0.3 is 10.2 Å². The molecule has 2 N–H and O–H groups in total. The molecule has 2 aliphatic rings. The van der Waals surface area contributed by atoms with Crippen LogP contribution in [-0.4, -0.2) is 46.3 Å². The van der Waals surface area contributed by atoms with Gasteiger partial charge in [0.1, 0.15) is 0 Å². The summed E-state index contributed by atoms with van der Waals surface area (Å²) in [6.45, 7) is 5.27. The highest BCUT2D eigenvalue weighted by molar-refractivity contribution is 5.73. The van der Waals surface area contributed by atoms with E-state index in [1.165, 1.54) is 0 Å². The Labute approximate surface area is 89.9 Å². The zero-order valence-electron chi connectivity index (χ0n) is 9.36. The summed E-state index contributed by atoms with van der Waals surface area (Å²) in [5.74, 6) is -0.300. The van der Waals surface area contributed by atoms with Crippen LogP contribution in [-0.2, 0) is 4.79 Å². The maximum Gasteiger partial charge on any atom is 0.310 e. The molecular formula is C11H19NO3. The van der Waals surface area contributed by atoms with Crippen molar-refractivity contribution in [3.05, 3.63) is 0 Å². The molecule has 0 aromatic carbocycles. The lowest BCUT2D eigenvalue weighted by Gasteiger charge is -2.49. The molecule has 0 amide bonds. The summed E-state index contributed by atoms with van der Waals surface area (Å²) in [6.07, 6.45) is 2.26. The molecule has 1 aliphatic carbocycles. The third-order valence-electron chi connectivity index (χ3n) is 3.53. The molecule has 0 spiro atoms. The fourth-order valence-electron chi connectivity index (χ4n) is 2.35. The van der Waals surface area contributed by atoms with Crippen LogP contribution in [0.25, 0.3) is 0 Å². The number of aliphatic hydroxyl groups is 1. The largest absolute Gasteiger partial charge is 0.481 e. The van der Waals surface area contributed by atoms with Crippen LogP contribution in [0.4, 0.5) is 0 Å². The normalized spacial score (nSPS) is 26.1. The fourth-order valence-corrected chi connectivity index (χ4v) is 2.35. The van der Waals surface area contributed by atoms with Gasteiger partial charge in [0.05, 0.1) is 11.0 Å². The van der Waals surface area contributed by atoms with Gasteiger partial charge in [-0.1, -0.05) is 0 Å². The number of aliphatic carboxylic acids is 1. The molecule has 86 valence electrons. The van der Waals surface area contributed by atoms with Gasteiger partial charge in [0, 0.05) is 19.6 Å². The Balaban J connectivity index is 1.82. The van der Waals surface area contributed by atoms with Crippen LogP contribution >= 0.6 is 0 Å². The maximum absolute atomic E-state index is 10.9. The lowest BCUT2D eigenvalue weighted by atomic mass is 9.85. The Kier molecular flexibility index (Phi) is 2.32. The standard InChI is InChI=1S/C11H19NO3/c1-10(2,9(13)14)5-12-6-11(15,7-12)8-3-4-8/h8,15H,3-7H2,1-2H3,(H,13,14). The minimum Gasteiger partial charge on any atom is -0.481 e. The van der Waals surface area contributed by atoms with Crippen LogP contribution in [0.3, 0.4) is 0 Å². The van der Waals surface area contributed by atoms with E-state index < -0.39 is 17.0 Å². The molecule has 0 atom stereocenters. The molecule has 1 saturated carbocycles. The molecule has 15 heavy (non-hydrogen) atoms. The number of carbonyl (C=O) groups is 1. The molecule has 4 nitrogen and oxygen atoms in total. The highest BCUT2D eigenvalue weighted by atomic mass is 16.4. The number of β-amino-alcohol motifs (C(OH)–C–C–N with tert-alkyl or cyclic N) is 1. The summed E-state index contributed by atoms with van der Waals surface area (Å²) in [6, 6.07) is 0. The van der Waals surface area contributed by atoms with Crippen molar-refractivity contribution in [2.24, 2.45) is 11.3 Å². The summed E-state index contributed by atoms with van der Waals surface area (Å²) in [5, 5.41) is 19.0. The molecule has 0 unspecified atom stereocenters. The zero-order chi connectivity index (χ0) is 11.3. The van der Waals surface area contributed by atoms with Gasteiger partial charge in [-0.2, -0.15) is 0 Å². The molecule has 0 aromatic heterocycles. The van der Waals surface area contributed by atoms with Crippen molar-refractivity contribution < 1.29 is 15.0 Å². The number of carboxylic acids is 1. The van der Waals surface area contributed by atoms with E-state index in [-0.39, 0.29) is 0 Å². The third-order valence-corrected chi connectivity index (χ3v) is 3.53. The van der Waals surface area contributed by atoms with Gasteiger partial charge in [0.15, 0.2) is 0 Å².